The summed E-state index contributed by atoms with van der Waals surface area (Å²) in [5.74, 6) is 0.505. The van der Waals surface area contributed by atoms with Crippen molar-refractivity contribution in [1.82, 2.24) is 9.97 Å². The van der Waals surface area contributed by atoms with Crippen LogP contribution < -0.4 is 10.5 Å². The van der Waals surface area contributed by atoms with Crippen molar-refractivity contribution in [2.24, 2.45) is 0 Å². The number of hydrogen-bond acceptors (Lipinski definition) is 5. The predicted molar refractivity (Wildman–Crippen MR) is 61.1 cm³/mol. The molecule has 1 heterocycles. The highest BCUT2D eigenvalue weighted by molar-refractivity contribution is 5.86. The largest absolute Gasteiger partial charge is 0.477 e. The van der Waals surface area contributed by atoms with Gasteiger partial charge in [0.15, 0.2) is 0 Å². The average molecular weight is 219 g/mol. The van der Waals surface area contributed by atoms with Crippen molar-refractivity contribution in [2.75, 3.05) is 18.9 Å². The number of aromatic nitrogens is 2. The highest BCUT2D eigenvalue weighted by Crippen LogP contribution is 2.23. The number of ether oxygens (including phenoxy) is 1. The van der Waals surface area contributed by atoms with Crippen LogP contribution in [0.25, 0.3) is 10.9 Å². The van der Waals surface area contributed by atoms with Crippen LogP contribution in [0.4, 0.5) is 5.69 Å². The quantitative estimate of drug-likeness (QED) is 0.591. The number of hydrogen-bond donors (Lipinski definition) is 2. The summed E-state index contributed by atoms with van der Waals surface area (Å²) in [6.45, 7) is 0.530. The van der Waals surface area contributed by atoms with E-state index in [1.165, 1.54) is 6.33 Å². The first-order chi connectivity index (χ1) is 7.81. The van der Waals surface area contributed by atoms with Gasteiger partial charge in [0.05, 0.1) is 17.5 Å². The Labute approximate surface area is 92.9 Å². The first kappa shape index (κ1) is 10.6. The molecule has 0 bridgehead atoms. The van der Waals surface area contributed by atoms with Gasteiger partial charge in [0, 0.05) is 18.7 Å². The summed E-state index contributed by atoms with van der Waals surface area (Å²) < 4.78 is 5.45. The Bertz CT molecular complexity index is 488. The van der Waals surface area contributed by atoms with Crippen LogP contribution in [0.2, 0.25) is 0 Å². The molecule has 0 saturated carbocycles. The molecule has 0 amide bonds. The van der Waals surface area contributed by atoms with Crippen LogP contribution in [0.15, 0.2) is 24.5 Å². The minimum atomic E-state index is 0.102. The number of nitrogens with zero attached hydrogens (tertiary/aromatic N) is 2. The van der Waals surface area contributed by atoms with Crippen molar-refractivity contribution in [3.05, 3.63) is 24.5 Å². The van der Waals surface area contributed by atoms with Crippen molar-refractivity contribution in [3.63, 3.8) is 0 Å². The molecule has 0 unspecified atom stereocenters. The maximum absolute atomic E-state index is 8.67. The number of fused-ring (bicyclic) bond motifs is 1. The Morgan fingerprint density at radius 1 is 1.31 bits per heavy atom. The molecule has 5 heteroatoms. The fourth-order valence-corrected chi connectivity index (χ4v) is 1.40. The van der Waals surface area contributed by atoms with Crippen molar-refractivity contribution in [2.45, 2.75) is 6.42 Å². The Hall–Kier alpha value is -1.88. The molecule has 0 aliphatic rings. The monoisotopic (exact) mass is 219 g/mol. The zero-order valence-electron chi connectivity index (χ0n) is 8.76. The minimum Gasteiger partial charge on any atom is -0.477 e. The van der Waals surface area contributed by atoms with Crippen LogP contribution >= 0.6 is 0 Å². The third-order valence-corrected chi connectivity index (χ3v) is 2.16. The van der Waals surface area contributed by atoms with E-state index in [9.17, 15) is 0 Å². The molecule has 0 aliphatic carbocycles. The molecule has 0 fully saturated rings. The van der Waals surface area contributed by atoms with Gasteiger partial charge >= 0.3 is 0 Å². The first-order valence-electron chi connectivity index (χ1n) is 5.05. The van der Waals surface area contributed by atoms with E-state index in [0.29, 0.717) is 24.6 Å². The summed E-state index contributed by atoms with van der Waals surface area (Å²) in [7, 11) is 0. The molecule has 16 heavy (non-hydrogen) atoms. The summed E-state index contributed by atoms with van der Waals surface area (Å²) >= 11 is 0. The van der Waals surface area contributed by atoms with Gasteiger partial charge in [-0.3, -0.25) is 0 Å². The van der Waals surface area contributed by atoms with Gasteiger partial charge < -0.3 is 15.6 Å². The van der Waals surface area contributed by atoms with Crippen molar-refractivity contribution in [3.8, 4) is 5.88 Å². The second-order valence-corrected chi connectivity index (χ2v) is 3.38. The molecular weight excluding hydrogens is 206 g/mol. The maximum atomic E-state index is 8.67. The van der Waals surface area contributed by atoms with Gasteiger partial charge in [-0.2, -0.15) is 0 Å². The third-order valence-electron chi connectivity index (χ3n) is 2.16. The number of anilines is 1. The SMILES string of the molecule is Nc1ccc2ncnc(OCCCO)c2c1. The molecule has 0 saturated heterocycles. The highest BCUT2D eigenvalue weighted by atomic mass is 16.5. The number of aliphatic hydroxyl groups is 1. The predicted octanol–water partition coefficient (Wildman–Crippen LogP) is 0.973. The lowest BCUT2D eigenvalue weighted by molar-refractivity contribution is 0.230. The van der Waals surface area contributed by atoms with Crippen LogP contribution in [0.5, 0.6) is 5.88 Å². The van der Waals surface area contributed by atoms with E-state index in [-0.39, 0.29) is 6.61 Å². The molecule has 0 atom stereocenters. The lowest BCUT2D eigenvalue weighted by Gasteiger charge is -2.07. The van der Waals surface area contributed by atoms with Gasteiger partial charge in [0.25, 0.3) is 0 Å². The molecule has 1 aromatic heterocycles. The smallest absolute Gasteiger partial charge is 0.224 e. The summed E-state index contributed by atoms with van der Waals surface area (Å²) in [5.41, 5.74) is 7.14. The normalized spacial score (nSPS) is 10.6. The van der Waals surface area contributed by atoms with E-state index < -0.39 is 0 Å². The van der Waals surface area contributed by atoms with E-state index in [2.05, 4.69) is 9.97 Å². The summed E-state index contributed by atoms with van der Waals surface area (Å²) in [5, 5.41) is 9.46. The lowest BCUT2D eigenvalue weighted by Crippen LogP contribution is -2.02. The Morgan fingerprint density at radius 2 is 2.19 bits per heavy atom. The van der Waals surface area contributed by atoms with Gasteiger partial charge in [0.1, 0.15) is 6.33 Å². The van der Waals surface area contributed by atoms with Crippen LogP contribution in [-0.4, -0.2) is 28.3 Å². The second kappa shape index (κ2) is 4.76. The van der Waals surface area contributed by atoms with Crippen LogP contribution in [0.1, 0.15) is 6.42 Å². The van der Waals surface area contributed by atoms with Crippen LogP contribution in [0, 0.1) is 0 Å². The Morgan fingerprint density at radius 3 is 3.00 bits per heavy atom. The molecule has 0 aliphatic heterocycles. The third kappa shape index (κ3) is 2.20. The lowest BCUT2D eigenvalue weighted by atomic mass is 10.2. The van der Waals surface area contributed by atoms with Crippen molar-refractivity contribution >= 4 is 16.6 Å². The van der Waals surface area contributed by atoms with Gasteiger partial charge in [-0.05, 0) is 18.2 Å². The molecule has 2 rings (SSSR count). The van der Waals surface area contributed by atoms with E-state index in [1.54, 1.807) is 12.1 Å². The standard InChI is InChI=1S/C11H13N3O2/c12-8-2-3-10-9(6-8)11(14-7-13-10)16-5-1-4-15/h2-3,6-7,15H,1,4-5,12H2. The zero-order chi connectivity index (χ0) is 11.4. The molecule has 1 aromatic carbocycles. The maximum Gasteiger partial charge on any atom is 0.224 e. The van der Waals surface area contributed by atoms with E-state index >= 15 is 0 Å². The van der Waals surface area contributed by atoms with E-state index in [0.717, 1.165) is 10.9 Å². The topological polar surface area (TPSA) is 81.3 Å². The molecule has 3 N–H and O–H groups in total. The fourth-order valence-electron chi connectivity index (χ4n) is 1.40. The van der Waals surface area contributed by atoms with Gasteiger partial charge in [-0.1, -0.05) is 0 Å². The molecular formula is C11H13N3O2. The number of aliphatic hydroxyl groups excluding tert-OH is 1. The second-order valence-electron chi connectivity index (χ2n) is 3.38. The zero-order valence-corrected chi connectivity index (χ0v) is 8.76. The van der Waals surface area contributed by atoms with Crippen LogP contribution in [0.3, 0.4) is 0 Å². The Kier molecular flexibility index (Phi) is 3.16. The van der Waals surface area contributed by atoms with Crippen LogP contribution in [-0.2, 0) is 0 Å². The summed E-state index contributed by atoms with van der Waals surface area (Å²) in [6, 6.07) is 5.39. The Balaban J connectivity index is 2.32. The van der Waals surface area contributed by atoms with Gasteiger partial charge in [0.2, 0.25) is 5.88 Å². The number of nitrogens with two attached hydrogens (primary N) is 1. The number of nitrogen functional groups attached to an aromatic ring is 1. The van der Waals surface area contributed by atoms with Crippen molar-refractivity contribution in [1.29, 1.82) is 0 Å². The number of rotatable bonds is 4. The average Bonchev–Trinajstić information content (AvgIpc) is 2.30. The minimum absolute atomic E-state index is 0.102. The molecule has 0 spiro atoms. The fraction of sp³-hybridized carbons (Fsp3) is 0.273. The molecule has 84 valence electrons. The van der Waals surface area contributed by atoms with Crippen molar-refractivity contribution < 1.29 is 9.84 Å². The highest BCUT2D eigenvalue weighted by Gasteiger charge is 2.04. The molecule has 2 aromatic rings. The molecule has 5 nitrogen and oxygen atoms in total. The summed E-state index contributed by atoms with van der Waals surface area (Å²) in [4.78, 5) is 8.16. The summed E-state index contributed by atoms with van der Waals surface area (Å²) in [6.07, 6.45) is 2.03. The number of benzene rings is 1. The van der Waals surface area contributed by atoms with E-state index in [1.807, 2.05) is 6.07 Å². The van der Waals surface area contributed by atoms with Gasteiger partial charge in [-0.25, -0.2) is 9.97 Å². The first-order valence-corrected chi connectivity index (χ1v) is 5.05. The van der Waals surface area contributed by atoms with E-state index in [4.69, 9.17) is 15.6 Å². The van der Waals surface area contributed by atoms with Gasteiger partial charge in [-0.15, -0.1) is 0 Å². The molecule has 0 radical (unpaired) electrons.